The van der Waals surface area contributed by atoms with Crippen LogP contribution in [0.1, 0.15) is 23.2 Å². The van der Waals surface area contributed by atoms with Gasteiger partial charge >= 0.3 is 5.97 Å². The molecule has 1 fully saturated rings. The van der Waals surface area contributed by atoms with Crippen LogP contribution in [0.25, 0.3) is 0 Å². The van der Waals surface area contributed by atoms with Crippen LogP contribution in [0.15, 0.2) is 59.5 Å². The van der Waals surface area contributed by atoms with Gasteiger partial charge in [0.2, 0.25) is 5.91 Å². The van der Waals surface area contributed by atoms with Crippen LogP contribution < -0.4 is 4.31 Å². The first-order chi connectivity index (χ1) is 13.8. The molecule has 0 atom stereocenters. The molecular weight excluding hydrogens is 396 g/mol. The van der Waals surface area contributed by atoms with Crippen LogP contribution in [0.2, 0.25) is 0 Å². The van der Waals surface area contributed by atoms with E-state index in [2.05, 4.69) is 0 Å². The number of imide groups is 1. The number of amides is 2. The number of hydrogen-bond acceptors (Lipinski definition) is 6. The van der Waals surface area contributed by atoms with Gasteiger partial charge in [0.05, 0.1) is 16.1 Å². The van der Waals surface area contributed by atoms with E-state index in [4.69, 9.17) is 4.74 Å². The number of carbonyl (C=O) groups is 3. The van der Waals surface area contributed by atoms with Gasteiger partial charge in [-0.15, -0.1) is 0 Å². The van der Waals surface area contributed by atoms with Gasteiger partial charge in [-0.25, -0.2) is 13.2 Å². The van der Waals surface area contributed by atoms with E-state index >= 15 is 0 Å². The van der Waals surface area contributed by atoms with Gasteiger partial charge in [0.25, 0.3) is 15.9 Å². The molecule has 0 saturated carbocycles. The van der Waals surface area contributed by atoms with Crippen molar-refractivity contribution in [3.63, 3.8) is 0 Å². The number of rotatable bonds is 6. The Balaban J connectivity index is 1.65. The van der Waals surface area contributed by atoms with Gasteiger partial charge in [-0.1, -0.05) is 18.2 Å². The minimum atomic E-state index is -3.79. The second kappa shape index (κ2) is 8.44. The number of para-hydroxylation sites is 1. The summed E-state index contributed by atoms with van der Waals surface area (Å²) in [6, 6.07) is 13.8. The van der Waals surface area contributed by atoms with E-state index in [0.29, 0.717) is 25.1 Å². The van der Waals surface area contributed by atoms with E-state index in [9.17, 15) is 22.8 Å². The molecule has 0 bridgehead atoms. The smallest absolute Gasteiger partial charge is 0.338 e. The zero-order valence-corrected chi connectivity index (χ0v) is 16.6. The average molecular weight is 416 g/mol. The number of sulfonamides is 1. The molecule has 2 aromatic carbocycles. The molecule has 0 unspecified atom stereocenters. The number of esters is 1. The van der Waals surface area contributed by atoms with E-state index in [0.717, 1.165) is 9.21 Å². The first kappa shape index (κ1) is 20.5. The summed E-state index contributed by atoms with van der Waals surface area (Å²) in [4.78, 5) is 36.7. The molecule has 0 aromatic heterocycles. The Morgan fingerprint density at radius 3 is 2.31 bits per heavy atom. The zero-order valence-electron chi connectivity index (χ0n) is 15.8. The Bertz CT molecular complexity index is 1020. The van der Waals surface area contributed by atoms with Crippen molar-refractivity contribution in [3.05, 3.63) is 60.2 Å². The molecule has 2 amide bonds. The van der Waals surface area contributed by atoms with E-state index < -0.39 is 28.5 Å². The van der Waals surface area contributed by atoms with Crippen molar-refractivity contribution < 1.29 is 27.5 Å². The fourth-order valence-electron chi connectivity index (χ4n) is 2.90. The highest BCUT2D eigenvalue weighted by Gasteiger charge is 2.27. The number of benzene rings is 2. The molecule has 2 aromatic rings. The summed E-state index contributed by atoms with van der Waals surface area (Å²) in [5.41, 5.74) is 0.609. The van der Waals surface area contributed by atoms with Gasteiger partial charge < -0.3 is 4.74 Å². The fraction of sp³-hybridized carbons (Fsp3) is 0.250. The molecule has 0 radical (unpaired) electrons. The van der Waals surface area contributed by atoms with Crippen LogP contribution in [0.5, 0.6) is 0 Å². The lowest BCUT2D eigenvalue weighted by molar-refractivity contribution is -0.143. The lowest BCUT2D eigenvalue weighted by Gasteiger charge is -2.19. The van der Waals surface area contributed by atoms with E-state index in [-0.39, 0.29) is 16.4 Å². The molecule has 1 aliphatic rings. The van der Waals surface area contributed by atoms with Crippen molar-refractivity contribution in [2.75, 3.05) is 24.5 Å². The normalized spacial score (nSPS) is 14.0. The highest BCUT2D eigenvalue weighted by atomic mass is 32.2. The van der Waals surface area contributed by atoms with Crippen LogP contribution in [0.3, 0.4) is 0 Å². The molecule has 9 heteroatoms. The van der Waals surface area contributed by atoms with Gasteiger partial charge in [0.1, 0.15) is 0 Å². The lowest BCUT2D eigenvalue weighted by atomic mass is 10.2. The predicted molar refractivity (Wildman–Crippen MR) is 105 cm³/mol. The van der Waals surface area contributed by atoms with Crippen molar-refractivity contribution in [1.29, 1.82) is 0 Å². The summed E-state index contributed by atoms with van der Waals surface area (Å²) in [6.45, 7) is -0.210. The second-order valence-corrected chi connectivity index (χ2v) is 8.42. The van der Waals surface area contributed by atoms with Crippen LogP contribution in [-0.2, 0) is 24.3 Å². The van der Waals surface area contributed by atoms with Crippen molar-refractivity contribution in [3.8, 4) is 0 Å². The van der Waals surface area contributed by atoms with Crippen molar-refractivity contribution >= 4 is 33.5 Å². The SMILES string of the molecule is CN(c1ccccc1)S(=O)(=O)c1ccc(C(=O)OCC(=O)N2CCCC2=O)cc1. The Morgan fingerprint density at radius 2 is 1.72 bits per heavy atom. The molecule has 29 heavy (non-hydrogen) atoms. The number of carbonyl (C=O) groups excluding carboxylic acids is 3. The molecule has 152 valence electrons. The number of nitrogens with zero attached hydrogens (tertiary/aromatic N) is 2. The van der Waals surface area contributed by atoms with Crippen LogP contribution in [0.4, 0.5) is 5.69 Å². The second-order valence-electron chi connectivity index (χ2n) is 6.45. The first-order valence-corrected chi connectivity index (χ1v) is 10.4. The van der Waals surface area contributed by atoms with E-state index in [1.165, 1.54) is 31.3 Å². The highest BCUT2D eigenvalue weighted by molar-refractivity contribution is 7.92. The summed E-state index contributed by atoms with van der Waals surface area (Å²) < 4.78 is 31.6. The fourth-order valence-corrected chi connectivity index (χ4v) is 4.09. The summed E-state index contributed by atoms with van der Waals surface area (Å²) in [5, 5.41) is 0. The van der Waals surface area contributed by atoms with Crippen LogP contribution in [-0.4, -0.2) is 51.3 Å². The molecular formula is C20H20N2O6S. The van der Waals surface area contributed by atoms with Gasteiger partial charge in [-0.05, 0) is 42.8 Å². The number of likely N-dealkylation sites (tertiary alicyclic amines) is 1. The summed E-state index contributed by atoms with van der Waals surface area (Å²) in [6.07, 6.45) is 0.916. The molecule has 0 aliphatic carbocycles. The summed E-state index contributed by atoms with van der Waals surface area (Å²) in [7, 11) is -2.35. The maximum Gasteiger partial charge on any atom is 0.338 e. The topological polar surface area (TPSA) is 101 Å². The number of anilines is 1. The third kappa shape index (κ3) is 4.45. The quantitative estimate of drug-likeness (QED) is 0.666. The molecule has 8 nitrogen and oxygen atoms in total. The number of ether oxygens (including phenoxy) is 1. The zero-order chi connectivity index (χ0) is 21.0. The Morgan fingerprint density at radius 1 is 1.07 bits per heavy atom. The summed E-state index contributed by atoms with van der Waals surface area (Å²) in [5.74, 6) is -1.61. The molecule has 1 aliphatic heterocycles. The van der Waals surface area contributed by atoms with Crippen LogP contribution in [0, 0.1) is 0 Å². The van der Waals surface area contributed by atoms with E-state index in [1.54, 1.807) is 30.3 Å². The van der Waals surface area contributed by atoms with Gasteiger partial charge in [0.15, 0.2) is 6.61 Å². The molecule has 1 heterocycles. The first-order valence-electron chi connectivity index (χ1n) is 8.95. The predicted octanol–water partition coefficient (Wildman–Crippen LogP) is 1.82. The lowest BCUT2D eigenvalue weighted by Crippen LogP contribution is -2.35. The van der Waals surface area contributed by atoms with Gasteiger partial charge in [-0.3, -0.25) is 18.8 Å². The highest BCUT2D eigenvalue weighted by Crippen LogP contribution is 2.22. The minimum Gasteiger partial charge on any atom is -0.452 e. The van der Waals surface area contributed by atoms with Crippen molar-refractivity contribution in [1.82, 2.24) is 4.90 Å². The van der Waals surface area contributed by atoms with Gasteiger partial charge in [-0.2, -0.15) is 0 Å². The summed E-state index contributed by atoms with van der Waals surface area (Å²) >= 11 is 0. The van der Waals surface area contributed by atoms with E-state index in [1.807, 2.05) is 0 Å². The standard InChI is InChI=1S/C20H20N2O6S/c1-21(16-6-3-2-4-7-16)29(26,27)17-11-9-15(10-12-17)20(25)28-14-19(24)22-13-5-8-18(22)23/h2-4,6-7,9-12H,5,8,13-14H2,1H3. The molecule has 0 spiro atoms. The van der Waals surface area contributed by atoms with Crippen molar-refractivity contribution in [2.45, 2.75) is 17.7 Å². The maximum absolute atomic E-state index is 12.7. The monoisotopic (exact) mass is 416 g/mol. The Kier molecular flexibility index (Phi) is 5.97. The third-order valence-corrected chi connectivity index (χ3v) is 6.37. The molecule has 1 saturated heterocycles. The largest absolute Gasteiger partial charge is 0.452 e. The Labute approximate surface area is 168 Å². The average Bonchev–Trinajstić information content (AvgIpc) is 3.17. The van der Waals surface area contributed by atoms with Gasteiger partial charge in [0, 0.05) is 20.0 Å². The third-order valence-electron chi connectivity index (χ3n) is 4.57. The number of hydrogen-bond donors (Lipinski definition) is 0. The molecule has 0 N–H and O–H groups in total. The Hall–Kier alpha value is -3.20. The van der Waals surface area contributed by atoms with Crippen LogP contribution >= 0.6 is 0 Å². The van der Waals surface area contributed by atoms with Crippen molar-refractivity contribution in [2.24, 2.45) is 0 Å². The minimum absolute atomic E-state index is 0.0131. The maximum atomic E-state index is 12.7. The molecule has 3 rings (SSSR count).